The lowest BCUT2D eigenvalue weighted by molar-refractivity contribution is -0.131. The van der Waals surface area contributed by atoms with Gasteiger partial charge in [-0.25, -0.2) is 4.79 Å². The van der Waals surface area contributed by atoms with Gasteiger partial charge in [-0.15, -0.1) is 0 Å². The van der Waals surface area contributed by atoms with Gasteiger partial charge in [-0.05, 0) is 25.0 Å². The fraction of sp³-hybridized carbons (Fsp3) is 0.286. The van der Waals surface area contributed by atoms with Gasteiger partial charge in [0.15, 0.2) is 6.29 Å². The molecule has 1 aromatic rings. The number of rotatable bonds is 8. The molecule has 0 unspecified atom stereocenters. The van der Waals surface area contributed by atoms with Gasteiger partial charge in [-0.1, -0.05) is 12.1 Å². The van der Waals surface area contributed by atoms with Crippen molar-refractivity contribution < 1.29 is 19.8 Å². The van der Waals surface area contributed by atoms with Crippen molar-refractivity contribution in [2.24, 2.45) is 0 Å². The summed E-state index contributed by atoms with van der Waals surface area (Å²) in [6, 6.07) is 5.15. The molecule has 0 amide bonds. The minimum atomic E-state index is -1.06. The van der Waals surface area contributed by atoms with Crippen molar-refractivity contribution in [3.05, 3.63) is 35.4 Å². The molecule has 0 fully saturated rings. The molecule has 0 atom stereocenters. The van der Waals surface area contributed by atoms with Gasteiger partial charge in [0.25, 0.3) is 0 Å². The van der Waals surface area contributed by atoms with E-state index in [-0.39, 0.29) is 6.61 Å². The lowest BCUT2D eigenvalue weighted by Crippen LogP contribution is -2.05. The van der Waals surface area contributed by atoms with Crippen LogP contribution in [-0.2, 0) is 4.79 Å². The van der Waals surface area contributed by atoms with Crippen molar-refractivity contribution >= 4 is 24.0 Å². The molecule has 102 valence electrons. The standard InChI is InChI=1S/C14H17NO4/c16-9-2-1-8-15-13-5-3-4-11(10-17)12(13)6-7-14(18)19/h3-7,10,15-16H,1-2,8-9H2,(H,18,19). The summed E-state index contributed by atoms with van der Waals surface area (Å²) in [5.41, 5.74) is 1.70. The van der Waals surface area contributed by atoms with Crippen molar-refractivity contribution in [3.63, 3.8) is 0 Å². The van der Waals surface area contributed by atoms with E-state index in [2.05, 4.69) is 5.32 Å². The van der Waals surface area contributed by atoms with Crippen molar-refractivity contribution in [2.75, 3.05) is 18.5 Å². The highest BCUT2D eigenvalue weighted by molar-refractivity contribution is 5.92. The predicted molar refractivity (Wildman–Crippen MR) is 73.3 cm³/mol. The number of unbranched alkanes of at least 4 members (excludes halogenated alkanes) is 1. The summed E-state index contributed by atoms with van der Waals surface area (Å²) >= 11 is 0. The lowest BCUT2D eigenvalue weighted by Gasteiger charge is -2.11. The van der Waals surface area contributed by atoms with Crippen LogP contribution >= 0.6 is 0 Å². The zero-order valence-electron chi connectivity index (χ0n) is 10.5. The second kappa shape index (κ2) is 8.05. The van der Waals surface area contributed by atoms with E-state index in [0.717, 1.165) is 12.5 Å². The highest BCUT2D eigenvalue weighted by atomic mass is 16.4. The van der Waals surface area contributed by atoms with E-state index in [9.17, 15) is 9.59 Å². The summed E-state index contributed by atoms with van der Waals surface area (Å²) in [6.07, 6.45) is 4.59. The molecule has 3 N–H and O–H groups in total. The molecule has 19 heavy (non-hydrogen) atoms. The van der Waals surface area contributed by atoms with Crippen molar-refractivity contribution in [1.82, 2.24) is 0 Å². The van der Waals surface area contributed by atoms with Gasteiger partial charge in [0.2, 0.25) is 0 Å². The minimum Gasteiger partial charge on any atom is -0.478 e. The zero-order valence-corrected chi connectivity index (χ0v) is 10.5. The molecular weight excluding hydrogens is 246 g/mol. The molecule has 0 saturated carbocycles. The highest BCUT2D eigenvalue weighted by Crippen LogP contribution is 2.20. The number of aliphatic hydroxyl groups is 1. The van der Waals surface area contributed by atoms with Crippen LogP contribution < -0.4 is 5.32 Å². The summed E-state index contributed by atoms with van der Waals surface area (Å²) < 4.78 is 0. The van der Waals surface area contributed by atoms with E-state index in [0.29, 0.717) is 36.1 Å². The van der Waals surface area contributed by atoms with Crippen LogP contribution in [0.2, 0.25) is 0 Å². The Kier molecular flexibility index (Phi) is 6.32. The normalized spacial score (nSPS) is 10.6. The molecule has 0 spiro atoms. The molecule has 0 aliphatic heterocycles. The minimum absolute atomic E-state index is 0.141. The molecule has 0 radical (unpaired) electrons. The Hall–Kier alpha value is -2.14. The summed E-state index contributed by atoms with van der Waals surface area (Å²) in [5, 5.41) is 20.5. The average Bonchev–Trinajstić information content (AvgIpc) is 2.41. The maximum absolute atomic E-state index is 11.0. The number of carbonyl (C=O) groups excluding carboxylic acids is 1. The quantitative estimate of drug-likeness (QED) is 0.378. The van der Waals surface area contributed by atoms with Gasteiger partial charge in [0.05, 0.1) is 0 Å². The third-order valence-corrected chi connectivity index (χ3v) is 2.56. The van der Waals surface area contributed by atoms with E-state index in [1.165, 1.54) is 6.08 Å². The second-order valence-corrected chi connectivity index (χ2v) is 3.96. The maximum atomic E-state index is 11.0. The van der Waals surface area contributed by atoms with Crippen LogP contribution in [0.25, 0.3) is 6.08 Å². The Morgan fingerprint density at radius 1 is 1.32 bits per heavy atom. The number of aliphatic hydroxyl groups excluding tert-OH is 1. The highest BCUT2D eigenvalue weighted by Gasteiger charge is 2.05. The number of carbonyl (C=O) groups is 2. The molecule has 0 aliphatic rings. The summed E-state index contributed by atoms with van der Waals surface area (Å²) in [6.45, 7) is 0.790. The third kappa shape index (κ3) is 4.93. The van der Waals surface area contributed by atoms with Crippen LogP contribution in [-0.4, -0.2) is 35.6 Å². The molecule has 5 heteroatoms. The monoisotopic (exact) mass is 263 g/mol. The fourth-order valence-corrected chi connectivity index (χ4v) is 1.64. The third-order valence-electron chi connectivity index (χ3n) is 2.56. The van der Waals surface area contributed by atoms with Crippen LogP contribution in [0.4, 0.5) is 5.69 Å². The van der Waals surface area contributed by atoms with Crippen molar-refractivity contribution in [1.29, 1.82) is 0 Å². The van der Waals surface area contributed by atoms with Crippen LogP contribution in [0.15, 0.2) is 24.3 Å². The number of anilines is 1. The van der Waals surface area contributed by atoms with E-state index in [1.807, 2.05) is 0 Å². The Balaban J connectivity index is 2.89. The van der Waals surface area contributed by atoms with Gasteiger partial charge in [-0.2, -0.15) is 0 Å². The first-order chi connectivity index (χ1) is 9.19. The first-order valence-electron chi connectivity index (χ1n) is 6.03. The first kappa shape index (κ1) is 14.9. The molecule has 1 rings (SSSR count). The largest absolute Gasteiger partial charge is 0.478 e. The van der Waals surface area contributed by atoms with Crippen LogP contribution in [0, 0.1) is 0 Å². The Bertz CT molecular complexity index is 469. The zero-order chi connectivity index (χ0) is 14.1. The van der Waals surface area contributed by atoms with Gasteiger partial charge in [0, 0.05) is 36.0 Å². The molecule has 0 aromatic heterocycles. The molecule has 0 heterocycles. The van der Waals surface area contributed by atoms with Crippen LogP contribution in [0.5, 0.6) is 0 Å². The second-order valence-electron chi connectivity index (χ2n) is 3.96. The smallest absolute Gasteiger partial charge is 0.328 e. The average molecular weight is 263 g/mol. The fourth-order valence-electron chi connectivity index (χ4n) is 1.64. The lowest BCUT2D eigenvalue weighted by atomic mass is 10.1. The summed E-state index contributed by atoms with van der Waals surface area (Å²) in [5.74, 6) is -1.06. The number of hydrogen-bond donors (Lipinski definition) is 3. The van der Waals surface area contributed by atoms with Crippen LogP contribution in [0.3, 0.4) is 0 Å². The number of aldehydes is 1. The first-order valence-corrected chi connectivity index (χ1v) is 6.03. The van der Waals surface area contributed by atoms with Crippen molar-refractivity contribution in [2.45, 2.75) is 12.8 Å². The van der Waals surface area contributed by atoms with Gasteiger partial charge in [0.1, 0.15) is 0 Å². The number of aliphatic carboxylic acids is 1. The predicted octanol–water partition coefficient (Wildman–Crippen LogP) is 1.78. The molecule has 0 bridgehead atoms. The van der Waals surface area contributed by atoms with E-state index < -0.39 is 5.97 Å². The number of nitrogens with one attached hydrogen (secondary N) is 1. The summed E-state index contributed by atoms with van der Waals surface area (Å²) in [7, 11) is 0. The molecular formula is C14H17NO4. The number of carboxylic acids is 1. The Labute approximate surface area is 111 Å². The van der Waals surface area contributed by atoms with E-state index >= 15 is 0 Å². The van der Waals surface area contributed by atoms with Crippen LogP contribution in [0.1, 0.15) is 28.8 Å². The number of benzene rings is 1. The van der Waals surface area contributed by atoms with E-state index in [4.69, 9.17) is 10.2 Å². The maximum Gasteiger partial charge on any atom is 0.328 e. The SMILES string of the molecule is O=Cc1cccc(NCCCCO)c1C=CC(=O)O. The topological polar surface area (TPSA) is 86.6 Å². The number of carboxylic acid groups (broad SMARTS) is 1. The Morgan fingerprint density at radius 2 is 2.11 bits per heavy atom. The van der Waals surface area contributed by atoms with Gasteiger partial charge < -0.3 is 15.5 Å². The molecule has 5 nitrogen and oxygen atoms in total. The van der Waals surface area contributed by atoms with Gasteiger partial charge >= 0.3 is 5.97 Å². The molecule has 0 aliphatic carbocycles. The Morgan fingerprint density at radius 3 is 2.74 bits per heavy atom. The molecule has 1 aromatic carbocycles. The van der Waals surface area contributed by atoms with Gasteiger partial charge in [-0.3, -0.25) is 4.79 Å². The summed E-state index contributed by atoms with van der Waals surface area (Å²) in [4.78, 5) is 21.5. The van der Waals surface area contributed by atoms with E-state index in [1.54, 1.807) is 18.2 Å². The van der Waals surface area contributed by atoms with Crippen molar-refractivity contribution in [3.8, 4) is 0 Å². The molecule has 0 saturated heterocycles. The number of hydrogen-bond acceptors (Lipinski definition) is 4.